The number of anilines is 2. The Bertz CT molecular complexity index is 3430. The van der Waals surface area contributed by atoms with Crippen LogP contribution in [0.3, 0.4) is 0 Å². The first-order valence-corrected chi connectivity index (χ1v) is 26.8. The largest absolute Gasteiger partial charge is 0.449 e. The zero-order valence-electron chi connectivity index (χ0n) is 40.0. The van der Waals surface area contributed by atoms with Crippen molar-refractivity contribution in [2.24, 2.45) is 0 Å². The summed E-state index contributed by atoms with van der Waals surface area (Å²) in [5.41, 5.74) is 7.37. The van der Waals surface area contributed by atoms with E-state index in [9.17, 15) is 22.4 Å². The van der Waals surface area contributed by atoms with Crippen LogP contribution in [0.1, 0.15) is 11.1 Å². The van der Waals surface area contributed by atoms with E-state index < -0.39 is 22.3 Å². The molecule has 0 saturated carbocycles. The van der Waals surface area contributed by atoms with Gasteiger partial charge in [0, 0.05) is 61.0 Å². The van der Waals surface area contributed by atoms with E-state index in [-0.39, 0.29) is 24.4 Å². The molecule has 10 rings (SSSR count). The van der Waals surface area contributed by atoms with Crippen LogP contribution in [0.2, 0.25) is 5.02 Å². The molecule has 8 aromatic rings. The molecule has 4 heterocycles. The van der Waals surface area contributed by atoms with Crippen molar-refractivity contribution in [3.8, 4) is 56.6 Å². The minimum Gasteiger partial charge on any atom is -0.449 e. The molecule has 2 fully saturated rings. The van der Waals surface area contributed by atoms with Crippen LogP contribution >= 0.6 is 34.2 Å². The molecule has 0 radical (unpaired) electrons. The fraction of sp³-hybridized carbons (Fsp3) is 0.200. The maximum atomic E-state index is 13.7. The third-order valence-corrected chi connectivity index (χ3v) is 14.7. The minimum absolute atomic E-state index is 0.0694. The van der Waals surface area contributed by atoms with Crippen LogP contribution in [0.25, 0.3) is 33.6 Å². The molecule has 2 aliphatic heterocycles. The van der Waals surface area contributed by atoms with Gasteiger partial charge in [-0.05, 0) is 136 Å². The number of nitrogens with one attached hydrogen (secondary N) is 1. The highest BCUT2D eigenvalue weighted by molar-refractivity contribution is 14.1. The molecule has 0 unspecified atom stereocenters. The first kappa shape index (κ1) is 51.0. The summed E-state index contributed by atoms with van der Waals surface area (Å²) >= 11 is 8.32. The van der Waals surface area contributed by atoms with Gasteiger partial charge in [-0.15, -0.1) is 0 Å². The topological polar surface area (TPSA) is 144 Å². The molecule has 0 amide bonds. The van der Waals surface area contributed by atoms with Gasteiger partial charge >= 0.3 is 11.1 Å². The van der Waals surface area contributed by atoms with Crippen LogP contribution in [-0.4, -0.2) is 90.9 Å². The van der Waals surface area contributed by atoms with Crippen molar-refractivity contribution in [2.45, 2.75) is 13.6 Å². The molecule has 6 aromatic carbocycles. The number of hydrogen-bond acceptors (Lipinski definition) is 11. The normalized spacial score (nSPS) is 14.0. The lowest BCUT2D eigenvalue weighted by Crippen LogP contribution is -2.48. The molecule has 374 valence electrons. The van der Waals surface area contributed by atoms with E-state index in [0.717, 1.165) is 59.7 Å². The number of benzene rings is 6. The van der Waals surface area contributed by atoms with Gasteiger partial charge in [0.25, 0.3) is 0 Å². The number of nitrogens with zero attached hydrogens (tertiary/aromatic N) is 7. The number of piperazine rings is 2. The molecule has 0 atom stereocenters. The van der Waals surface area contributed by atoms with Crippen LogP contribution in [0, 0.1) is 10.5 Å². The van der Waals surface area contributed by atoms with Crippen LogP contribution < -0.4 is 35.7 Å². The van der Waals surface area contributed by atoms with Gasteiger partial charge in [-0.1, -0.05) is 83.9 Å². The summed E-state index contributed by atoms with van der Waals surface area (Å²) in [6.45, 7) is 6.07. The van der Waals surface area contributed by atoms with Gasteiger partial charge in [0.2, 0.25) is 21.5 Å². The fourth-order valence-electron chi connectivity index (χ4n) is 8.45. The molecule has 0 aliphatic carbocycles. The van der Waals surface area contributed by atoms with Gasteiger partial charge in [0.1, 0.15) is 29.5 Å². The Morgan fingerprint density at radius 3 is 1.58 bits per heavy atom. The van der Waals surface area contributed by atoms with E-state index in [2.05, 4.69) is 67.3 Å². The van der Waals surface area contributed by atoms with E-state index in [1.807, 2.05) is 78.6 Å². The monoisotopic (exact) mass is 1130 g/mol. The number of sulfonamides is 1. The number of ether oxygens (including phenoxy) is 2. The van der Waals surface area contributed by atoms with Crippen LogP contribution in [-0.2, 0) is 16.7 Å². The Morgan fingerprint density at radius 2 is 1.08 bits per heavy atom. The quantitative estimate of drug-likeness (QED) is 0.117. The summed E-state index contributed by atoms with van der Waals surface area (Å²) in [6.07, 6.45) is 4.48. The second-order valence-electron chi connectivity index (χ2n) is 17.4. The summed E-state index contributed by atoms with van der Waals surface area (Å²) in [4.78, 5) is 31.3. The number of rotatable bonds is 12. The van der Waals surface area contributed by atoms with E-state index >= 15 is 0 Å². The highest BCUT2D eigenvalue weighted by Crippen LogP contribution is 2.33. The van der Waals surface area contributed by atoms with Gasteiger partial charge in [0.05, 0.1) is 30.0 Å². The summed E-state index contributed by atoms with van der Waals surface area (Å²) in [5.74, 6) is 1.41. The Kier molecular flexibility index (Phi) is 16.0. The van der Waals surface area contributed by atoms with Crippen molar-refractivity contribution in [3.05, 3.63) is 198 Å². The standard InChI is InChI=1S/C28H26ClFN4O4S.C27H25IN4O2/c1-39(36,37)33-15-13-32(14-16-33)26-19-31-34(24-9-7-23(29)8-10-24)28(35)27(26)38-25-11-5-21(6-12-25)22-4-2-3-20(17-22)18-30;1-19-2-10-23(11-3-19)32-27(33)26(25(18-30-32)31-16-14-29-15-17-31)34-24-12-6-21(7-13-24)20-4-8-22(28)9-5-20/h2-12,17,19H,13-16,18H2,1H3;2-13,18,29H,14-17H2,1H3/i30-1;28-4. The molecular weight excluding hydrogens is 1080 g/mol. The van der Waals surface area contributed by atoms with E-state index in [1.165, 1.54) is 23.5 Å². The third-order valence-electron chi connectivity index (χ3n) is 12.4. The smallest absolute Gasteiger partial charge is 0.316 e. The van der Waals surface area contributed by atoms with Gasteiger partial charge in [-0.25, -0.2) is 12.8 Å². The maximum Gasteiger partial charge on any atom is 0.316 e. The minimum atomic E-state index is -3.31. The molecule has 14 nitrogen and oxygen atoms in total. The van der Waals surface area contributed by atoms with Crippen molar-refractivity contribution in [1.82, 2.24) is 29.2 Å². The Labute approximate surface area is 441 Å². The number of aromatic nitrogens is 4. The lowest BCUT2D eigenvalue weighted by atomic mass is 10.0. The number of hydrogen-bond donors (Lipinski definition) is 1. The summed E-state index contributed by atoms with van der Waals surface area (Å²) in [6, 6.07) is 45.1. The first-order valence-electron chi connectivity index (χ1n) is 23.5. The molecule has 18 heteroatoms. The summed E-state index contributed by atoms with van der Waals surface area (Å²) < 4.78 is 54.7. The predicted octanol–water partition coefficient (Wildman–Crippen LogP) is 9.91. The SMILES string of the molecule is CS(=O)(=O)N1CCN(c2cnn(-c3ccc(Cl)cc3)c(=O)c2Oc2ccc(-c3cccc(C[18F])c3)cc2)CC1.Cc1ccc(-n2ncc(N3CCNCC3)c(Oc3ccc(-c4ccc([123I])cc4)cc3)c2=O)cc1. The number of aryl methyl sites for hydroxylation is 1. The molecule has 2 aliphatic rings. The van der Waals surface area contributed by atoms with Crippen molar-refractivity contribution in [2.75, 3.05) is 68.4 Å². The van der Waals surface area contributed by atoms with Crippen molar-refractivity contribution in [3.63, 3.8) is 0 Å². The zero-order chi connectivity index (χ0) is 51.1. The Morgan fingerprint density at radius 1 is 0.616 bits per heavy atom. The molecule has 0 spiro atoms. The second kappa shape index (κ2) is 22.9. The first-order chi connectivity index (χ1) is 35.3. The Hall–Kier alpha value is -6.90. The lowest BCUT2D eigenvalue weighted by Gasteiger charge is -2.35. The fourth-order valence-corrected chi connectivity index (χ4v) is 9.76. The van der Waals surface area contributed by atoms with Crippen molar-refractivity contribution >= 4 is 55.6 Å². The van der Waals surface area contributed by atoms with Crippen molar-refractivity contribution < 1.29 is 22.3 Å². The number of alkyl halides is 1. The average Bonchev–Trinajstić information content (AvgIpc) is 3.41. The average molecular weight is 1130 g/mol. The van der Waals surface area contributed by atoms with Crippen LogP contribution in [0.4, 0.5) is 15.8 Å². The maximum absolute atomic E-state index is 13.7. The van der Waals surface area contributed by atoms with E-state index in [0.29, 0.717) is 58.0 Å². The van der Waals surface area contributed by atoms with Gasteiger partial charge in [0.15, 0.2) is 0 Å². The van der Waals surface area contributed by atoms with E-state index in [4.69, 9.17) is 21.1 Å². The lowest BCUT2D eigenvalue weighted by molar-refractivity contribution is 0.384. The summed E-state index contributed by atoms with van der Waals surface area (Å²) in [5, 5.41) is 12.7. The third kappa shape index (κ3) is 12.3. The molecular formula is C55H51ClFIN8O6S. The van der Waals surface area contributed by atoms with Crippen LogP contribution in [0.15, 0.2) is 168 Å². The van der Waals surface area contributed by atoms with Gasteiger partial charge < -0.3 is 24.6 Å². The Balaban J connectivity index is 0.000000181. The van der Waals surface area contributed by atoms with E-state index in [1.54, 1.807) is 67.0 Å². The van der Waals surface area contributed by atoms with Crippen LogP contribution in [0.5, 0.6) is 23.0 Å². The summed E-state index contributed by atoms with van der Waals surface area (Å²) in [7, 11) is -3.31. The molecule has 73 heavy (non-hydrogen) atoms. The highest BCUT2D eigenvalue weighted by Gasteiger charge is 2.28. The predicted molar refractivity (Wildman–Crippen MR) is 295 cm³/mol. The molecule has 2 aromatic heterocycles. The molecule has 1 N–H and O–H groups in total. The van der Waals surface area contributed by atoms with Gasteiger partial charge in [-0.3, -0.25) is 9.59 Å². The molecule has 2 saturated heterocycles. The zero-order valence-corrected chi connectivity index (χ0v) is 43.7. The van der Waals surface area contributed by atoms with Crippen molar-refractivity contribution in [1.29, 1.82) is 0 Å². The second-order valence-corrected chi connectivity index (χ2v) is 21.1. The van der Waals surface area contributed by atoms with Gasteiger partial charge in [-0.2, -0.15) is 23.9 Å². The number of halogens is 3. The molecule has 0 bridgehead atoms. The highest BCUT2D eigenvalue weighted by atomic mass is 123.